The number of carbonyl (C=O) groups is 1. The highest BCUT2D eigenvalue weighted by molar-refractivity contribution is 6.09. The molecule has 122 valence electrons. The Bertz CT molecular complexity index is 819. The van der Waals surface area contributed by atoms with E-state index in [0.29, 0.717) is 28.4 Å². The third-order valence-corrected chi connectivity index (χ3v) is 3.41. The predicted octanol–water partition coefficient (Wildman–Crippen LogP) is 3.48. The van der Waals surface area contributed by atoms with Crippen molar-refractivity contribution in [3.8, 4) is 23.3 Å². The van der Waals surface area contributed by atoms with E-state index in [0.717, 1.165) is 5.56 Å². The van der Waals surface area contributed by atoms with Crippen LogP contribution < -0.4 is 14.2 Å². The van der Waals surface area contributed by atoms with Crippen LogP contribution in [0.1, 0.15) is 21.5 Å². The summed E-state index contributed by atoms with van der Waals surface area (Å²) in [6.45, 7) is 0. The van der Waals surface area contributed by atoms with Gasteiger partial charge in [0.1, 0.15) is 0 Å². The standard InChI is InChI=1S/C19H17NO4/c1-22-17-10-8-15(18(23-2)19(17)24-3)16(21)9-7-13-5-4-6-14(11-13)12-20/h4-11H,1-3H3/b9-7+. The number of ether oxygens (including phenoxy) is 3. The zero-order valence-corrected chi connectivity index (χ0v) is 13.7. The van der Waals surface area contributed by atoms with Crippen molar-refractivity contribution >= 4 is 11.9 Å². The van der Waals surface area contributed by atoms with E-state index in [4.69, 9.17) is 19.5 Å². The van der Waals surface area contributed by atoms with Crippen molar-refractivity contribution < 1.29 is 19.0 Å². The second kappa shape index (κ2) is 7.84. The Morgan fingerprint density at radius 1 is 1.04 bits per heavy atom. The molecule has 0 atom stereocenters. The first-order valence-corrected chi connectivity index (χ1v) is 7.16. The second-order valence-electron chi connectivity index (χ2n) is 4.82. The Balaban J connectivity index is 2.36. The number of allylic oxidation sites excluding steroid dienone is 1. The van der Waals surface area contributed by atoms with Crippen LogP contribution >= 0.6 is 0 Å². The molecule has 24 heavy (non-hydrogen) atoms. The van der Waals surface area contributed by atoms with Crippen LogP contribution in [0.2, 0.25) is 0 Å². The van der Waals surface area contributed by atoms with E-state index < -0.39 is 0 Å². The summed E-state index contributed by atoms with van der Waals surface area (Å²) in [5, 5.41) is 8.91. The van der Waals surface area contributed by atoms with E-state index in [1.54, 1.807) is 36.4 Å². The van der Waals surface area contributed by atoms with E-state index in [1.165, 1.54) is 27.4 Å². The Kier molecular flexibility index (Phi) is 5.58. The van der Waals surface area contributed by atoms with Crippen LogP contribution in [0, 0.1) is 11.3 Å². The molecule has 0 aromatic heterocycles. The van der Waals surface area contributed by atoms with Gasteiger partial charge in [0.15, 0.2) is 17.3 Å². The lowest BCUT2D eigenvalue weighted by molar-refractivity contribution is 0.104. The molecule has 0 saturated heterocycles. The summed E-state index contributed by atoms with van der Waals surface area (Å²) in [5.74, 6) is 0.926. The second-order valence-corrected chi connectivity index (χ2v) is 4.82. The van der Waals surface area contributed by atoms with Gasteiger partial charge in [0.25, 0.3) is 0 Å². The zero-order chi connectivity index (χ0) is 17.5. The van der Waals surface area contributed by atoms with E-state index in [2.05, 4.69) is 6.07 Å². The minimum Gasteiger partial charge on any atom is -0.493 e. The third kappa shape index (κ3) is 3.55. The smallest absolute Gasteiger partial charge is 0.204 e. The van der Waals surface area contributed by atoms with Crippen molar-refractivity contribution in [1.82, 2.24) is 0 Å². The number of nitrogens with zero attached hydrogens (tertiary/aromatic N) is 1. The molecule has 0 amide bonds. The molecule has 0 saturated carbocycles. The maximum absolute atomic E-state index is 12.5. The van der Waals surface area contributed by atoms with Crippen LogP contribution in [0.25, 0.3) is 6.08 Å². The first kappa shape index (κ1) is 17.1. The quantitative estimate of drug-likeness (QED) is 0.601. The van der Waals surface area contributed by atoms with Gasteiger partial charge in [-0.05, 0) is 35.9 Å². The largest absolute Gasteiger partial charge is 0.493 e. The van der Waals surface area contributed by atoms with Gasteiger partial charge in [0.2, 0.25) is 5.75 Å². The molecular formula is C19H17NO4. The summed E-state index contributed by atoms with van der Waals surface area (Å²) >= 11 is 0. The van der Waals surface area contributed by atoms with E-state index in [9.17, 15) is 4.79 Å². The summed E-state index contributed by atoms with van der Waals surface area (Å²) in [6, 6.07) is 12.3. The third-order valence-electron chi connectivity index (χ3n) is 3.41. The predicted molar refractivity (Wildman–Crippen MR) is 90.6 cm³/mol. The zero-order valence-electron chi connectivity index (χ0n) is 13.7. The van der Waals surface area contributed by atoms with Crippen molar-refractivity contribution in [2.75, 3.05) is 21.3 Å². The van der Waals surface area contributed by atoms with Crippen molar-refractivity contribution in [3.63, 3.8) is 0 Å². The molecule has 0 N–H and O–H groups in total. The molecule has 5 nitrogen and oxygen atoms in total. The summed E-state index contributed by atoms with van der Waals surface area (Å²) in [4.78, 5) is 12.5. The number of ketones is 1. The number of nitriles is 1. The fourth-order valence-corrected chi connectivity index (χ4v) is 2.27. The fraction of sp³-hybridized carbons (Fsp3) is 0.158. The fourth-order valence-electron chi connectivity index (χ4n) is 2.27. The average molecular weight is 323 g/mol. The van der Waals surface area contributed by atoms with Crippen LogP contribution in [0.5, 0.6) is 17.2 Å². The molecule has 0 unspecified atom stereocenters. The van der Waals surface area contributed by atoms with E-state index >= 15 is 0 Å². The summed E-state index contributed by atoms with van der Waals surface area (Å²) in [7, 11) is 4.47. The van der Waals surface area contributed by atoms with E-state index in [-0.39, 0.29) is 5.78 Å². The molecule has 0 radical (unpaired) electrons. The monoisotopic (exact) mass is 323 g/mol. The van der Waals surface area contributed by atoms with Crippen molar-refractivity contribution in [3.05, 3.63) is 59.2 Å². The van der Waals surface area contributed by atoms with Gasteiger partial charge in [0, 0.05) is 0 Å². The lowest BCUT2D eigenvalue weighted by Gasteiger charge is -2.14. The highest BCUT2D eigenvalue weighted by atomic mass is 16.5. The van der Waals surface area contributed by atoms with Gasteiger partial charge in [-0.15, -0.1) is 0 Å². The van der Waals surface area contributed by atoms with Gasteiger partial charge in [0.05, 0.1) is 38.5 Å². The van der Waals surface area contributed by atoms with Gasteiger partial charge in [-0.2, -0.15) is 5.26 Å². The highest BCUT2D eigenvalue weighted by Gasteiger charge is 2.19. The normalized spacial score (nSPS) is 10.2. The maximum Gasteiger partial charge on any atom is 0.204 e. The minimum atomic E-state index is -0.241. The Morgan fingerprint density at radius 2 is 1.79 bits per heavy atom. The number of carbonyl (C=O) groups excluding carboxylic acids is 1. The molecule has 0 heterocycles. The molecule has 0 aliphatic rings. The molecule has 2 aromatic rings. The number of benzene rings is 2. The first-order chi connectivity index (χ1) is 11.6. The van der Waals surface area contributed by atoms with Crippen molar-refractivity contribution in [1.29, 1.82) is 5.26 Å². The van der Waals surface area contributed by atoms with Crippen LogP contribution in [-0.2, 0) is 0 Å². The molecule has 5 heteroatoms. The van der Waals surface area contributed by atoms with Crippen LogP contribution in [0.15, 0.2) is 42.5 Å². The molecule has 0 spiro atoms. The topological polar surface area (TPSA) is 68.6 Å². The van der Waals surface area contributed by atoms with Gasteiger partial charge < -0.3 is 14.2 Å². The van der Waals surface area contributed by atoms with Crippen LogP contribution in [0.4, 0.5) is 0 Å². The van der Waals surface area contributed by atoms with Crippen LogP contribution in [0.3, 0.4) is 0 Å². The summed E-state index contributed by atoms with van der Waals surface area (Å²) < 4.78 is 15.8. The molecule has 0 bridgehead atoms. The Morgan fingerprint density at radius 3 is 2.42 bits per heavy atom. The Labute approximate surface area is 140 Å². The average Bonchev–Trinajstić information content (AvgIpc) is 2.64. The van der Waals surface area contributed by atoms with Gasteiger partial charge in [-0.3, -0.25) is 4.79 Å². The number of hydrogen-bond donors (Lipinski definition) is 0. The number of methoxy groups -OCH3 is 3. The van der Waals surface area contributed by atoms with Gasteiger partial charge in [-0.1, -0.05) is 18.2 Å². The number of hydrogen-bond acceptors (Lipinski definition) is 5. The SMILES string of the molecule is COc1ccc(C(=O)/C=C/c2cccc(C#N)c2)c(OC)c1OC. The lowest BCUT2D eigenvalue weighted by Crippen LogP contribution is -2.02. The molecule has 0 aliphatic carbocycles. The van der Waals surface area contributed by atoms with Gasteiger partial charge >= 0.3 is 0 Å². The Hall–Kier alpha value is -3.26. The molecule has 2 rings (SSSR count). The first-order valence-electron chi connectivity index (χ1n) is 7.16. The number of rotatable bonds is 6. The molecular weight excluding hydrogens is 306 g/mol. The lowest BCUT2D eigenvalue weighted by atomic mass is 10.1. The van der Waals surface area contributed by atoms with Crippen molar-refractivity contribution in [2.24, 2.45) is 0 Å². The minimum absolute atomic E-state index is 0.241. The van der Waals surface area contributed by atoms with Crippen molar-refractivity contribution in [2.45, 2.75) is 0 Å². The van der Waals surface area contributed by atoms with E-state index in [1.807, 2.05) is 6.07 Å². The molecule has 0 aliphatic heterocycles. The summed E-state index contributed by atoms with van der Waals surface area (Å²) in [5.41, 5.74) is 1.66. The highest BCUT2D eigenvalue weighted by Crippen LogP contribution is 2.40. The van der Waals surface area contributed by atoms with Gasteiger partial charge in [-0.25, -0.2) is 0 Å². The molecule has 2 aromatic carbocycles. The molecule has 0 fully saturated rings. The summed E-state index contributed by atoms with van der Waals surface area (Å²) in [6.07, 6.45) is 3.08. The van der Waals surface area contributed by atoms with Crippen LogP contribution in [-0.4, -0.2) is 27.1 Å². The maximum atomic E-state index is 12.5.